The van der Waals surface area contributed by atoms with Crippen LogP contribution in [0.25, 0.3) is 11.2 Å². The van der Waals surface area contributed by atoms with Crippen LogP contribution in [0.2, 0.25) is 0 Å². The summed E-state index contributed by atoms with van der Waals surface area (Å²) in [4.78, 5) is 30.5. The molecule has 0 unspecified atom stereocenters. The summed E-state index contributed by atoms with van der Waals surface area (Å²) >= 11 is 0. The minimum atomic E-state index is -0.493. The lowest BCUT2D eigenvalue weighted by molar-refractivity contribution is 0.818. The lowest BCUT2D eigenvalue weighted by Gasteiger charge is -2.05. The van der Waals surface area contributed by atoms with Crippen molar-refractivity contribution in [1.82, 2.24) is 19.1 Å². The van der Waals surface area contributed by atoms with E-state index in [9.17, 15) is 9.59 Å². The van der Waals surface area contributed by atoms with E-state index in [1.807, 2.05) is 32.9 Å². The van der Waals surface area contributed by atoms with Crippen LogP contribution in [-0.4, -0.2) is 24.8 Å². The summed E-state index contributed by atoms with van der Waals surface area (Å²) in [5.41, 5.74) is 3.50. The fourth-order valence-corrected chi connectivity index (χ4v) is 1.93. The summed E-state index contributed by atoms with van der Waals surface area (Å²) in [5.74, 6) is 0.424. The summed E-state index contributed by atoms with van der Waals surface area (Å²) in [6, 6.07) is 0. The zero-order valence-electron chi connectivity index (χ0n) is 13.2. The first-order chi connectivity index (χ1) is 10.5. The Kier molecular flexibility index (Phi) is 4.59. The quantitative estimate of drug-likeness (QED) is 0.492. The van der Waals surface area contributed by atoms with E-state index in [-0.39, 0.29) is 0 Å². The number of imidazole rings is 1. The highest BCUT2D eigenvalue weighted by Crippen LogP contribution is 2.15. The average Bonchev–Trinajstić information content (AvgIpc) is 2.87. The Bertz CT molecular complexity index is 853. The first-order valence-electron chi connectivity index (χ1n) is 7.09. The second kappa shape index (κ2) is 6.42. The smallest absolute Gasteiger partial charge is 0.299 e. The molecule has 2 aromatic rings. The van der Waals surface area contributed by atoms with Crippen molar-refractivity contribution < 1.29 is 0 Å². The van der Waals surface area contributed by atoms with Crippen molar-refractivity contribution in [3.05, 3.63) is 33.0 Å². The van der Waals surface area contributed by atoms with Crippen molar-refractivity contribution >= 4 is 22.8 Å². The molecule has 0 aliphatic heterocycles. The molecule has 0 aromatic carbocycles. The highest BCUT2D eigenvalue weighted by atomic mass is 16.2. The van der Waals surface area contributed by atoms with Crippen LogP contribution in [0.1, 0.15) is 27.2 Å². The summed E-state index contributed by atoms with van der Waals surface area (Å²) in [5, 5.41) is 4.22. The molecule has 22 heavy (non-hydrogen) atoms. The summed E-state index contributed by atoms with van der Waals surface area (Å²) < 4.78 is 3.00. The Morgan fingerprint density at radius 1 is 1.45 bits per heavy atom. The van der Waals surface area contributed by atoms with Gasteiger partial charge in [-0.15, -0.1) is 0 Å². The number of H-pyrrole nitrogens is 1. The zero-order valence-corrected chi connectivity index (χ0v) is 13.2. The van der Waals surface area contributed by atoms with Gasteiger partial charge in [-0.05, 0) is 20.3 Å². The maximum Gasteiger partial charge on any atom is 0.329 e. The lowest BCUT2D eigenvalue weighted by atomic mass is 10.3. The van der Waals surface area contributed by atoms with E-state index in [2.05, 4.69) is 20.5 Å². The number of nitrogens with one attached hydrogen (secondary N) is 2. The Labute approximate surface area is 127 Å². The number of fused-ring (bicyclic) bond motifs is 1. The second-order valence-corrected chi connectivity index (χ2v) is 4.92. The topological polar surface area (TPSA) is 97.1 Å². The summed E-state index contributed by atoms with van der Waals surface area (Å²) in [6.45, 7) is 6.25. The number of aromatic nitrogens is 4. The molecule has 0 bridgehead atoms. The molecule has 0 spiro atoms. The number of rotatable bonds is 5. The lowest BCUT2D eigenvalue weighted by Crippen LogP contribution is -2.29. The predicted molar refractivity (Wildman–Crippen MR) is 87.4 cm³/mol. The molecule has 8 heteroatoms. The van der Waals surface area contributed by atoms with Gasteiger partial charge >= 0.3 is 5.69 Å². The van der Waals surface area contributed by atoms with E-state index in [0.717, 1.165) is 12.1 Å². The van der Waals surface area contributed by atoms with Crippen LogP contribution in [0.4, 0.5) is 5.95 Å². The van der Waals surface area contributed by atoms with Crippen molar-refractivity contribution in [3.63, 3.8) is 0 Å². The van der Waals surface area contributed by atoms with E-state index < -0.39 is 11.2 Å². The van der Waals surface area contributed by atoms with Gasteiger partial charge in [-0.2, -0.15) is 10.1 Å². The van der Waals surface area contributed by atoms with E-state index in [4.69, 9.17) is 0 Å². The van der Waals surface area contributed by atoms with Gasteiger partial charge in [-0.25, -0.2) is 10.2 Å². The fraction of sp³-hybridized carbons (Fsp3) is 0.429. The Balaban J connectivity index is 2.69. The monoisotopic (exact) mass is 304 g/mol. The maximum atomic E-state index is 12.1. The van der Waals surface area contributed by atoms with Gasteiger partial charge in [0.1, 0.15) is 0 Å². The highest BCUT2D eigenvalue weighted by molar-refractivity contribution is 5.82. The maximum absolute atomic E-state index is 12.1. The molecule has 0 radical (unpaired) electrons. The van der Waals surface area contributed by atoms with Gasteiger partial charge in [0, 0.05) is 19.3 Å². The number of allylic oxidation sites excluding steroid dienone is 2. The number of anilines is 1. The molecule has 0 aliphatic rings. The first kappa shape index (κ1) is 15.7. The number of hydrogen-bond acceptors (Lipinski definition) is 5. The Hall–Kier alpha value is -2.64. The standard InChI is InChI=1S/C14H20N6O2/c1-5-7-8-20-10-11(19(4)14(22)16-12(10)21)15-13(20)18-17-9(3)6-2/h5,7H,6,8H2,1-4H3,(H,15,18)(H,16,21,22). The van der Waals surface area contributed by atoms with Crippen LogP contribution in [0.15, 0.2) is 26.8 Å². The van der Waals surface area contributed by atoms with Crippen molar-refractivity contribution in [1.29, 1.82) is 0 Å². The molecule has 0 saturated heterocycles. The third-order valence-electron chi connectivity index (χ3n) is 3.39. The van der Waals surface area contributed by atoms with Crippen LogP contribution >= 0.6 is 0 Å². The molecule has 0 amide bonds. The van der Waals surface area contributed by atoms with Crippen LogP contribution in [0.5, 0.6) is 0 Å². The summed E-state index contributed by atoms with van der Waals surface area (Å²) in [7, 11) is 1.57. The molecular weight excluding hydrogens is 284 g/mol. The molecule has 0 aliphatic carbocycles. The minimum absolute atomic E-state index is 0.324. The average molecular weight is 304 g/mol. The van der Waals surface area contributed by atoms with Crippen molar-refractivity contribution in [3.8, 4) is 0 Å². The van der Waals surface area contributed by atoms with Crippen LogP contribution in [0, 0.1) is 0 Å². The molecular formula is C14H20N6O2. The van der Waals surface area contributed by atoms with Gasteiger partial charge in [0.2, 0.25) is 5.95 Å². The van der Waals surface area contributed by atoms with E-state index >= 15 is 0 Å². The van der Waals surface area contributed by atoms with Crippen LogP contribution in [0.3, 0.4) is 0 Å². The van der Waals surface area contributed by atoms with Gasteiger partial charge in [-0.3, -0.25) is 18.9 Å². The normalized spacial score (nSPS) is 12.5. The predicted octanol–water partition coefficient (Wildman–Crippen LogP) is 1.20. The molecule has 118 valence electrons. The molecule has 8 nitrogen and oxygen atoms in total. The van der Waals surface area contributed by atoms with Gasteiger partial charge in [0.25, 0.3) is 5.56 Å². The van der Waals surface area contributed by atoms with E-state index in [0.29, 0.717) is 23.7 Å². The molecule has 2 rings (SSSR count). The number of hydrazone groups is 1. The van der Waals surface area contributed by atoms with Gasteiger partial charge in [0.05, 0.1) is 0 Å². The number of hydrogen-bond donors (Lipinski definition) is 2. The number of aryl methyl sites for hydroxylation is 1. The molecule has 0 atom stereocenters. The molecule has 2 N–H and O–H groups in total. The molecule has 2 aromatic heterocycles. The first-order valence-corrected chi connectivity index (χ1v) is 7.09. The van der Waals surface area contributed by atoms with Gasteiger partial charge < -0.3 is 0 Å². The second-order valence-electron chi connectivity index (χ2n) is 4.92. The largest absolute Gasteiger partial charge is 0.329 e. The van der Waals surface area contributed by atoms with Crippen molar-refractivity contribution in [2.75, 3.05) is 5.43 Å². The Morgan fingerprint density at radius 2 is 2.18 bits per heavy atom. The molecule has 2 heterocycles. The Morgan fingerprint density at radius 3 is 2.82 bits per heavy atom. The van der Waals surface area contributed by atoms with Crippen molar-refractivity contribution in [2.24, 2.45) is 12.1 Å². The van der Waals surface area contributed by atoms with E-state index in [1.165, 1.54) is 4.57 Å². The van der Waals surface area contributed by atoms with Crippen molar-refractivity contribution in [2.45, 2.75) is 33.7 Å². The summed E-state index contributed by atoms with van der Waals surface area (Å²) in [6.07, 6.45) is 4.58. The SMILES string of the molecule is CC=CCn1c(NN=C(C)CC)nc2c1c(=O)[nH]c(=O)n2C. The molecule has 0 saturated carbocycles. The third kappa shape index (κ3) is 2.85. The van der Waals surface area contributed by atoms with Crippen LogP contribution < -0.4 is 16.7 Å². The fourth-order valence-electron chi connectivity index (χ4n) is 1.93. The zero-order chi connectivity index (χ0) is 16.3. The molecule has 0 fully saturated rings. The third-order valence-corrected chi connectivity index (χ3v) is 3.39. The van der Waals surface area contributed by atoms with Gasteiger partial charge in [-0.1, -0.05) is 19.1 Å². The number of nitrogens with zero attached hydrogens (tertiary/aromatic N) is 4. The number of aromatic amines is 1. The minimum Gasteiger partial charge on any atom is -0.299 e. The van der Waals surface area contributed by atoms with E-state index in [1.54, 1.807) is 11.6 Å². The van der Waals surface area contributed by atoms with Crippen LogP contribution in [-0.2, 0) is 13.6 Å². The van der Waals surface area contributed by atoms with Gasteiger partial charge in [0.15, 0.2) is 11.2 Å². The highest BCUT2D eigenvalue weighted by Gasteiger charge is 2.16.